The summed E-state index contributed by atoms with van der Waals surface area (Å²) in [5.41, 5.74) is 31.7. The van der Waals surface area contributed by atoms with Crippen molar-refractivity contribution in [2.45, 2.75) is 16.2 Å². The number of hydrogen-bond donors (Lipinski definition) is 0. The Morgan fingerprint density at radius 2 is 0.456 bits per heavy atom. The highest BCUT2D eigenvalue weighted by Crippen LogP contribution is 2.67. The Bertz CT molecular complexity index is 5810. The molecule has 0 amide bonds. The summed E-state index contributed by atoms with van der Waals surface area (Å²) in [7, 11) is 0. The second-order valence-electron chi connectivity index (χ2n) is 27.9. The molecule has 0 N–H and O–H groups in total. The van der Waals surface area contributed by atoms with Gasteiger partial charge in [-0.3, -0.25) is 0 Å². The van der Waals surface area contributed by atoms with Crippen molar-refractivity contribution in [3.63, 3.8) is 0 Å². The molecule has 0 saturated heterocycles. The van der Waals surface area contributed by atoms with Crippen molar-refractivity contribution < 1.29 is 0 Å². The second-order valence-corrected chi connectivity index (χ2v) is 27.9. The second kappa shape index (κ2) is 23.0. The van der Waals surface area contributed by atoms with Gasteiger partial charge in [-0.25, -0.2) is 0 Å². The number of benzene rings is 17. The van der Waals surface area contributed by atoms with Crippen LogP contribution in [-0.4, -0.2) is 0 Å². The van der Waals surface area contributed by atoms with Crippen molar-refractivity contribution in [1.29, 1.82) is 0 Å². The molecule has 21 rings (SSSR count). The number of nitrogens with zero attached hydrogens (tertiary/aromatic N) is 2. The maximum absolute atomic E-state index is 2.59. The van der Waals surface area contributed by atoms with Gasteiger partial charge in [0.1, 0.15) is 0 Å². The number of rotatable bonds is 9. The first kappa shape index (κ1) is 58.8. The zero-order valence-corrected chi connectivity index (χ0v) is 56.5. The standard InChI is InChI=1S/C101H66N2/c1-7-34-67(35-8-1)99(68-36-9-2-10-37-68)89-60-25-27-64-93(89)102(71-42-15-5-16-43-71)97-81(54-32-62-91(97)99)73-49-29-51-78-84(73)66-85-74(50-30-52-79(85)95(78)83-56-31-53-80-77-48-21-24-59-88(77)101(96(80)83)86-57-22-19-46-75(86)76-47-20-23-58-87(76)101)82-55-33-63-92-98(82)103(72-44-17-6-18-45-72)94-65-28-26-61-90(94)100(92,69-38-11-3-12-39-69)70-40-13-4-14-41-70/h1-66H. The summed E-state index contributed by atoms with van der Waals surface area (Å²) in [5.74, 6) is 0. The predicted octanol–water partition coefficient (Wildman–Crippen LogP) is 25.7. The Balaban J connectivity index is 0.931. The van der Waals surface area contributed by atoms with E-state index in [9.17, 15) is 0 Å². The molecule has 0 radical (unpaired) electrons. The third-order valence-electron chi connectivity index (χ3n) is 23.2. The van der Waals surface area contributed by atoms with Crippen molar-refractivity contribution in [1.82, 2.24) is 0 Å². The molecule has 103 heavy (non-hydrogen) atoms. The van der Waals surface area contributed by atoms with Gasteiger partial charge in [0.2, 0.25) is 0 Å². The minimum absolute atomic E-state index is 0.639. The molecule has 0 fully saturated rings. The summed E-state index contributed by atoms with van der Waals surface area (Å²) in [6, 6.07) is 152. The first-order valence-corrected chi connectivity index (χ1v) is 36.0. The van der Waals surface area contributed by atoms with Crippen molar-refractivity contribution in [3.8, 4) is 55.6 Å². The molecule has 2 aliphatic heterocycles. The summed E-state index contributed by atoms with van der Waals surface area (Å²) in [5, 5.41) is 4.69. The van der Waals surface area contributed by atoms with Crippen LogP contribution in [0.5, 0.6) is 0 Å². The lowest BCUT2D eigenvalue weighted by Gasteiger charge is -2.47. The third-order valence-corrected chi connectivity index (χ3v) is 23.2. The highest BCUT2D eigenvalue weighted by atomic mass is 15.2. The van der Waals surface area contributed by atoms with Crippen LogP contribution in [0.1, 0.15) is 66.8 Å². The van der Waals surface area contributed by atoms with Crippen molar-refractivity contribution in [2.75, 3.05) is 9.80 Å². The van der Waals surface area contributed by atoms with Gasteiger partial charge in [0.15, 0.2) is 0 Å². The monoisotopic (exact) mass is 1310 g/mol. The number of para-hydroxylation sites is 6. The van der Waals surface area contributed by atoms with Gasteiger partial charge in [-0.05, 0) is 175 Å². The van der Waals surface area contributed by atoms with E-state index in [0.717, 1.165) is 67.2 Å². The maximum Gasteiger partial charge on any atom is 0.0742 e. The fraction of sp³-hybridized carbons (Fsp3) is 0.0297. The predicted molar refractivity (Wildman–Crippen MR) is 427 cm³/mol. The van der Waals surface area contributed by atoms with Gasteiger partial charge in [-0.2, -0.15) is 0 Å². The summed E-state index contributed by atoms with van der Waals surface area (Å²) >= 11 is 0. The topological polar surface area (TPSA) is 6.48 Å². The Hall–Kier alpha value is -13.1. The molecular weight excluding hydrogens is 1240 g/mol. The minimum atomic E-state index is -0.725. The lowest BCUT2D eigenvalue weighted by atomic mass is 9.62. The van der Waals surface area contributed by atoms with Crippen molar-refractivity contribution >= 4 is 55.7 Å². The van der Waals surface area contributed by atoms with Gasteiger partial charge in [-0.15, -0.1) is 0 Å². The zero-order valence-electron chi connectivity index (χ0n) is 56.5. The van der Waals surface area contributed by atoms with Crippen LogP contribution in [0.4, 0.5) is 34.1 Å². The van der Waals surface area contributed by atoms with Gasteiger partial charge in [0.05, 0.1) is 39.0 Å². The van der Waals surface area contributed by atoms with E-state index in [1.807, 2.05) is 0 Å². The minimum Gasteiger partial charge on any atom is -0.309 e. The first-order valence-electron chi connectivity index (χ1n) is 36.0. The summed E-state index contributed by atoms with van der Waals surface area (Å²) in [6.07, 6.45) is 0. The van der Waals surface area contributed by atoms with Crippen molar-refractivity contribution in [3.05, 3.63) is 467 Å². The SMILES string of the molecule is c1ccc(N2c3ccccc3C(c3ccccc3)(c3ccccc3)c3cccc(-c4cccc5c(-c6cccc7c6C6(c8ccccc8-c8ccccc86)c6ccccc6-7)c6cccc(-c7cccc8c7N(c7ccccc7)c7ccccc7C8(c7ccccc7)c7ccccc7)c6cc45)c32)cc1. The van der Waals surface area contributed by atoms with Gasteiger partial charge >= 0.3 is 0 Å². The number of anilines is 6. The maximum atomic E-state index is 2.59. The average Bonchev–Trinajstić information content (AvgIpc) is 1.49. The molecule has 2 nitrogen and oxygen atoms in total. The van der Waals surface area contributed by atoms with Crippen LogP contribution in [0.2, 0.25) is 0 Å². The van der Waals surface area contributed by atoms with Crippen LogP contribution in [0.15, 0.2) is 400 Å². The molecule has 0 bridgehead atoms. The van der Waals surface area contributed by atoms with Crippen molar-refractivity contribution in [2.24, 2.45) is 0 Å². The highest BCUT2D eigenvalue weighted by molar-refractivity contribution is 6.22. The molecular formula is C101H66N2. The molecule has 0 unspecified atom stereocenters. The summed E-state index contributed by atoms with van der Waals surface area (Å²) < 4.78 is 0. The molecule has 2 heterocycles. The van der Waals surface area contributed by atoms with E-state index < -0.39 is 16.2 Å². The van der Waals surface area contributed by atoms with Gasteiger partial charge < -0.3 is 9.80 Å². The van der Waals surface area contributed by atoms with Crippen LogP contribution in [-0.2, 0) is 16.2 Å². The third kappa shape index (κ3) is 8.09. The highest BCUT2D eigenvalue weighted by Gasteiger charge is 2.54. The van der Waals surface area contributed by atoms with E-state index in [1.165, 1.54) is 111 Å². The summed E-state index contributed by atoms with van der Waals surface area (Å²) in [4.78, 5) is 5.13. The van der Waals surface area contributed by atoms with Gasteiger partial charge in [0, 0.05) is 22.5 Å². The van der Waals surface area contributed by atoms with E-state index in [1.54, 1.807) is 0 Å². The molecule has 0 aromatic heterocycles. The summed E-state index contributed by atoms with van der Waals surface area (Å²) in [6.45, 7) is 0. The van der Waals surface area contributed by atoms with E-state index in [4.69, 9.17) is 0 Å². The van der Waals surface area contributed by atoms with E-state index in [0.29, 0.717) is 0 Å². The molecule has 0 atom stereocenters. The quantitative estimate of drug-likeness (QED) is 0.133. The lowest BCUT2D eigenvalue weighted by molar-refractivity contribution is 0.731. The molecule has 480 valence electrons. The Morgan fingerprint density at radius 3 is 0.864 bits per heavy atom. The molecule has 2 heteroatoms. The van der Waals surface area contributed by atoms with Crippen LogP contribution < -0.4 is 9.80 Å². The molecule has 1 spiro atoms. The Kier molecular flexibility index (Phi) is 13.1. The number of hydrogen-bond acceptors (Lipinski definition) is 2. The van der Waals surface area contributed by atoms with Gasteiger partial charge in [0.25, 0.3) is 0 Å². The van der Waals surface area contributed by atoms with E-state index >= 15 is 0 Å². The fourth-order valence-corrected chi connectivity index (χ4v) is 19.4. The van der Waals surface area contributed by atoms with Crippen LogP contribution >= 0.6 is 0 Å². The fourth-order valence-electron chi connectivity index (χ4n) is 19.4. The molecule has 4 aliphatic rings. The Morgan fingerprint density at radius 1 is 0.175 bits per heavy atom. The molecule has 2 aliphatic carbocycles. The lowest BCUT2D eigenvalue weighted by Crippen LogP contribution is -2.38. The zero-order chi connectivity index (χ0) is 67.8. The molecule has 17 aromatic carbocycles. The van der Waals surface area contributed by atoms with Gasteiger partial charge in [-0.1, -0.05) is 358 Å². The van der Waals surface area contributed by atoms with Crippen LogP contribution in [0.3, 0.4) is 0 Å². The molecule has 17 aromatic rings. The van der Waals surface area contributed by atoms with Crippen LogP contribution in [0.25, 0.3) is 77.2 Å². The Labute approximate surface area is 600 Å². The van der Waals surface area contributed by atoms with E-state index in [2.05, 4.69) is 410 Å². The van der Waals surface area contributed by atoms with Crippen LogP contribution in [0, 0.1) is 0 Å². The smallest absolute Gasteiger partial charge is 0.0742 e. The molecule has 0 saturated carbocycles. The number of fused-ring (bicyclic) bond motifs is 16. The largest absolute Gasteiger partial charge is 0.309 e. The first-order chi connectivity index (χ1) is 51.2. The normalized spacial score (nSPS) is 14.2. The average molecular weight is 1310 g/mol. The van der Waals surface area contributed by atoms with E-state index in [-0.39, 0.29) is 0 Å².